The van der Waals surface area contributed by atoms with Gasteiger partial charge >= 0.3 is 0 Å². The van der Waals surface area contributed by atoms with Crippen LogP contribution in [0.4, 0.5) is 0 Å². The third kappa shape index (κ3) is 4.23. The Hall–Kier alpha value is -1.03. The van der Waals surface area contributed by atoms with Crippen LogP contribution in [0.5, 0.6) is 5.75 Å². The van der Waals surface area contributed by atoms with Crippen LogP contribution in [-0.2, 0) is 0 Å². The summed E-state index contributed by atoms with van der Waals surface area (Å²) >= 11 is 3.26. The maximum absolute atomic E-state index is 11.6. The first-order valence-corrected chi connectivity index (χ1v) is 6.47. The zero-order valence-electron chi connectivity index (χ0n) is 9.33. The van der Waals surface area contributed by atoms with Gasteiger partial charge in [-0.15, -0.1) is 0 Å². The molecular weight excluding hydrogens is 270 g/mol. The van der Waals surface area contributed by atoms with Crippen LogP contribution in [0.1, 0.15) is 23.7 Å². The van der Waals surface area contributed by atoms with Gasteiger partial charge in [-0.25, -0.2) is 0 Å². The number of ether oxygens (including phenoxy) is 1. The molecule has 1 amide bonds. The second kappa shape index (κ2) is 7.28. The number of nitrogens with one attached hydrogen (secondary N) is 1. The first-order chi connectivity index (χ1) is 7.77. The molecule has 0 aliphatic rings. The van der Waals surface area contributed by atoms with Crippen LogP contribution in [-0.4, -0.2) is 24.4 Å². The smallest absolute Gasteiger partial charge is 0.251 e. The number of alkyl halides is 1. The lowest BCUT2D eigenvalue weighted by Crippen LogP contribution is -2.25. The lowest BCUT2D eigenvalue weighted by molar-refractivity contribution is 0.0956. The van der Waals surface area contributed by atoms with E-state index in [-0.39, 0.29) is 5.91 Å². The van der Waals surface area contributed by atoms with Gasteiger partial charge in [0.05, 0.1) is 6.61 Å². The number of hydrogen-bond acceptors (Lipinski definition) is 2. The average molecular weight is 286 g/mol. The van der Waals surface area contributed by atoms with E-state index in [0.717, 1.165) is 17.5 Å². The highest BCUT2D eigenvalue weighted by atomic mass is 79.9. The average Bonchev–Trinajstić information content (AvgIpc) is 2.33. The molecule has 1 N–H and O–H groups in total. The Balaban J connectivity index is 2.62. The summed E-state index contributed by atoms with van der Waals surface area (Å²) in [7, 11) is 0. The largest absolute Gasteiger partial charge is 0.494 e. The highest BCUT2D eigenvalue weighted by molar-refractivity contribution is 9.09. The SMILES string of the molecule is CCCOc1cccc(C(=O)NCCBr)c1. The lowest BCUT2D eigenvalue weighted by atomic mass is 10.2. The van der Waals surface area contributed by atoms with Crippen LogP contribution < -0.4 is 10.1 Å². The molecule has 1 aromatic carbocycles. The van der Waals surface area contributed by atoms with E-state index in [2.05, 4.69) is 21.2 Å². The van der Waals surface area contributed by atoms with Crippen LogP contribution in [0.3, 0.4) is 0 Å². The Morgan fingerprint density at radius 2 is 2.31 bits per heavy atom. The van der Waals surface area contributed by atoms with Crippen molar-refractivity contribution in [3.05, 3.63) is 29.8 Å². The van der Waals surface area contributed by atoms with Gasteiger partial charge in [-0.05, 0) is 24.6 Å². The Kier molecular flexibility index (Phi) is 5.93. The van der Waals surface area contributed by atoms with Crippen LogP contribution in [0, 0.1) is 0 Å². The van der Waals surface area contributed by atoms with Gasteiger partial charge in [0.25, 0.3) is 5.91 Å². The number of hydrogen-bond donors (Lipinski definition) is 1. The van der Waals surface area contributed by atoms with Crippen molar-refractivity contribution in [1.82, 2.24) is 5.32 Å². The molecule has 0 heterocycles. The third-order valence-electron chi connectivity index (χ3n) is 1.95. The minimum absolute atomic E-state index is 0.0681. The van der Waals surface area contributed by atoms with Gasteiger partial charge in [-0.3, -0.25) is 4.79 Å². The first kappa shape index (κ1) is 13.0. The number of carbonyl (C=O) groups excluding carboxylic acids is 1. The van der Waals surface area contributed by atoms with Crippen LogP contribution in [0.15, 0.2) is 24.3 Å². The number of carbonyl (C=O) groups is 1. The fourth-order valence-corrected chi connectivity index (χ4v) is 1.41. The maximum Gasteiger partial charge on any atom is 0.251 e. The van der Waals surface area contributed by atoms with Crippen molar-refractivity contribution in [1.29, 1.82) is 0 Å². The molecule has 0 aromatic heterocycles. The van der Waals surface area contributed by atoms with Gasteiger partial charge in [0.15, 0.2) is 0 Å². The molecule has 0 fully saturated rings. The number of amides is 1. The summed E-state index contributed by atoms with van der Waals surface area (Å²) < 4.78 is 5.46. The molecule has 88 valence electrons. The van der Waals surface area contributed by atoms with Crippen molar-refractivity contribution in [3.63, 3.8) is 0 Å². The molecule has 0 saturated carbocycles. The molecule has 4 heteroatoms. The van der Waals surface area contributed by atoms with Crippen molar-refractivity contribution in [3.8, 4) is 5.75 Å². The van der Waals surface area contributed by atoms with E-state index in [1.165, 1.54) is 0 Å². The Morgan fingerprint density at radius 1 is 1.50 bits per heavy atom. The molecule has 0 radical (unpaired) electrons. The summed E-state index contributed by atoms with van der Waals surface area (Å²) in [6, 6.07) is 7.23. The van der Waals surface area contributed by atoms with Crippen LogP contribution in [0.25, 0.3) is 0 Å². The molecule has 1 aromatic rings. The zero-order chi connectivity index (χ0) is 11.8. The van der Waals surface area contributed by atoms with Crippen molar-refractivity contribution in [2.45, 2.75) is 13.3 Å². The molecule has 16 heavy (non-hydrogen) atoms. The summed E-state index contributed by atoms with van der Waals surface area (Å²) in [5, 5.41) is 3.55. The molecule has 0 aliphatic heterocycles. The van der Waals surface area contributed by atoms with E-state index in [1.54, 1.807) is 12.1 Å². The normalized spacial score (nSPS) is 9.88. The van der Waals surface area contributed by atoms with Crippen molar-refractivity contribution >= 4 is 21.8 Å². The number of benzene rings is 1. The van der Waals surface area contributed by atoms with E-state index < -0.39 is 0 Å². The molecule has 0 aliphatic carbocycles. The second-order valence-electron chi connectivity index (χ2n) is 3.32. The molecule has 3 nitrogen and oxygen atoms in total. The van der Waals surface area contributed by atoms with E-state index in [9.17, 15) is 4.79 Å². The standard InChI is InChI=1S/C12H16BrNO2/c1-2-8-16-11-5-3-4-10(9-11)12(15)14-7-6-13/h3-5,9H,2,6-8H2,1H3,(H,14,15). The Bertz CT molecular complexity index is 342. The molecule has 0 atom stereocenters. The highest BCUT2D eigenvalue weighted by Gasteiger charge is 2.05. The summed E-state index contributed by atoms with van der Waals surface area (Å²) in [6.07, 6.45) is 0.958. The summed E-state index contributed by atoms with van der Waals surface area (Å²) in [6.45, 7) is 3.35. The van der Waals surface area contributed by atoms with Crippen molar-refractivity contribution < 1.29 is 9.53 Å². The van der Waals surface area contributed by atoms with Crippen LogP contribution >= 0.6 is 15.9 Å². The predicted molar refractivity (Wildman–Crippen MR) is 68.4 cm³/mol. The fraction of sp³-hybridized carbons (Fsp3) is 0.417. The molecular formula is C12H16BrNO2. The summed E-state index contributed by atoms with van der Waals surface area (Å²) in [5.74, 6) is 0.676. The lowest BCUT2D eigenvalue weighted by Gasteiger charge is -2.07. The van der Waals surface area contributed by atoms with Crippen molar-refractivity contribution in [2.24, 2.45) is 0 Å². The van der Waals surface area contributed by atoms with Crippen LogP contribution in [0.2, 0.25) is 0 Å². The van der Waals surface area contributed by atoms with E-state index in [0.29, 0.717) is 18.7 Å². The quantitative estimate of drug-likeness (QED) is 0.816. The maximum atomic E-state index is 11.6. The van der Waals surface area contributed by atoms with E-state index >= 15 is 0 Å². The molecule has 0 unspecified atom stereocenters. The van der Waals surface area contributed by atoms with E-state index in [4.69, 9.17) is 4.74 Å². The summed E-state index contributed by atoms with van der Waals surface area (Å²) in [5.41, 5.74) is 0.634. The molecule has 1 rings (SSSR count). The minimum Gasteiger partial charge on any atom is -0.494 e. The topological polar surface area (TPSA) is 38.3 Å². The molecule has 0 spiro atoms. The Morgan fingerprint density at radius 3 is 3.00 bits per heavy atom. The predicted octanol–water partition coefficient (Wildman–Crippen LogP) is 2.60. The minimum atomic E-state index is -0.0681. The van der Waals surface area contributed by atoms with Crippen molar-refractivity contribution in [2.75, 3.05) is 18.5 Å². The van der Waals surface area contributed by atoms with Gasteiger partial charge in [-0.1, -0.05) is 28.9 Å². The van der Waals surface area contributed by atoms with Gasteiger partial charge in [0.2, 0.25) is 0 Å². The number of rotatable bonds is 6. The first-order valence-electron chi connectivity index (χ1n) is 5.35. The second-order valence-corrected chi connectivity index (χ2v) is 4.11. The molecule has 0 saturated heterocycles. The Labute approximate surface area is 104 Å². The number of halogens is 1. The summed E-state index contributed by atoms with van der Waals surface area (Å²) in [4.78, 5) is 11.6. The zero-order valence-corrected chi connectivity index (χ0v) is 10.9. The van der Waals surface area contributed by atoms with Gasteiger partial charge < -0.3 is 10.1 Å². The van der Waals surface area contributed by atoms with Gasteiger partial charge in [-0.2, -0.15) is 0 Å². The van der Waals surface area contributed by atoms with Gasteiger partial charge in [0.1, 0.15) is 5.75 Å². The monoisotopic (exact) mass is 285 g/mol. The third-order valence-corrected chi connectivity index (χ3v) is 2.35. The van der Waals surface area contributed by atoms with E-state index in [1.807, 2.05) is 19.1 Å². The fourth-order valence-electron chi connectivity index (χ4n) is 1.21. The highest BCUT2D eigenvalue weighted by Crippen LogP contribution is 2.13. The molecule has 0 bridgehead atoms. The van der Waals surface area contributed by atoms with Gasteiger partial charge in [0, 0.05) is 17.4 Å².